The molecule has 0 spiro atoms. The summed E-state index contributed by atoms with van der Waals surface area (Å²) < 4.78 is 0. The van der Waals surface area contributed by atoms with Gasteiger partial charge in [0.05, 0.1) is 0 Å². The van der Waals surface area contributed by atoms with Gasteiger partial charge in [-0.25, -0.2) is 0 Å². The molecule has 0 amide bonds. The van der Waals surface area contributed by atoms with Gasteiger partial charge in [-0.05, 0) is 31.7 Å². The molecule has 0 aromatic heterocycles. The Morgan fingerprint density at radius 2 is 1.69 bits per heavy atom. The smallest absolute Gasteiger partial charge is 0.0364 e. The third-order valence-corrected chi connectivity index (χ3v) is 3.61. The summed E-state index contributed by atoms with van der Waals surface area (Å²) in [5.74, 6) is 1.05. The van der Waals surface area contributed by atoms with Gasteiger partial charge in [0.15, 0.2) is 0 Å². The molecule has 1 N–H and O–H groups in total. The molecule has 1 heteroatoms. The summed E-state index contributed by atoms with van der Waals surface area (Å²) in [6.07, 6.45) is 12.9. The van der Waals surface area contributed by atoms with E-state index in [4.69, 9.17) is 0 Å². The average Bonchev–Trinajstić information content (AvgIpc) is 2.75. The first-order chi connectivity index (χ1) is 6.45. The SMILES string of the molecule is C1CC[C](NCCC2CCCC2)C1. The van der Waals surface area contributed by atoms with Crippen LogP contribution in [0, 0.1) is 12.0 Å². The van der Waals surface area contributed by atoms with E-state index in [0.29, 0.717) is 0 Å². The maximum absolute atomic E-state index is 3.63. The maximum Gasteiger partial charge on any atom is 0.0364 e. The second-order valence-electron chi connectivity index (χ2n) is 4.68. The zero-order chi connectivity index (χ0) is 8.93. The van der Waals surface area contributed by atoms with Gasteiger partial charge in [-0.2, -0.15) is 0 Å². The lowest BCUT2D eigenvalue weighted by Crippen LogP contribution is -2.21. The normalized spacial score (nSPS) is 25.8. The summed E-state index contributed by atoms with van der Waals surface area (Å²) in [6, 6.07) is 1.64. The van der Waals surface area contributed by atoms with Crippen molar-refractivity contribution in [3.05, 3.63) is 6.04 Å². The zero-order valence-corrected chi connectivity index (χ0v) is 8.65. The van der Waals surface area contributed by atoms with Gasteiger partial charge in [-0.15, -0.1) is 0 Å². The van der Waals surface area contributed by atoms with Crippen LogP contribution in [0.1, 0.15) is 57.8 Å². The molecular weight excluding hydrogens is 158 g/mol. The summed E-state index contributed by atoms with van der Waals surface area (Å²) in [6.45, 7) is 1.25. The Balaban J connectivity index is 1.52. The fourth-order valence-corrected chi connectivity index (χ4v) is 2.73. The van der Waals surface area contributed by atoms with Crippen LogP contribution in [0.2, 0.25) is 0 Å². The molecule has 13 heavy (non-hydrogen) atoms. The first-order valence-electron chi connectivity index (χ1n) is 6.04. The predicted octanol–water partition coefficient (Wildman–Crippen LogP) is 3.26. The minimum absolute atomic E-state index is 1.05. The van der Waals surface area contributed by atoms with Gasteiger partial charge in [-0.1, -0.05) is 38.5 Å². The molecule has 0 atom stereocenters. The Bertz CT molecular complexity index is 116. The van der Waals surface area contributed by atoms with E-state index in [1.807, 2.05) is 0 Å². The topological polar surface area (TPSA) is 12.0 Å². The standard InChI is InChI=1S/C12H22N/c1-2-6-11(5-1)9-10-13-12-7-3-4-8-12/h11,13H,1-10H2. The predicted molar refractivity (Wildman–Crippen MR) is 56.3 cm³/mol. The summed E-state index contributed by atoms with van der Waals surface area (Å²) >= 11 is 0. The molecule has 0 aromatic rings. The molecule has 2 aliphatic carbocycles. The number of hydrogen-bond acceptors (Lipinski definition) is 1. The molecule has 75 valence electrons. The quantitative estimate of drug-likeness (QED) is 0.700. The van der Waals surface area contributed by atoms with Crippen molar-refractivity contribution in [1.29, 1.82) is 0 Å². The van der Waals surface area contributed by atoms with E-state index in [9.17, 15) is 0 Å². The van der Waals surface area contributed by atoms with Crippen molar-refractivity contribution < 1.29 is 0 Å². The average molecular weight is 180 g/mol. The Kier molecular flexibility index (Phi) is 3.65. The molecule has 2 rings (SSSR count). The Morgan fingerprint density at radius 3 is 2.38 bits per heavy atom. The molecule has 2 saturated carbocycles. The lowest BCUT2D eigenvalue weighted by atomic mass is 10.0. The first-order valence-corrected chi connectivity index (χ1v) is 6.04. The summed E-state index contributed by atoms with van der Waals surface area (Å²) in [7, 11) is 0. The molecule has 0 aromatic carbocycles. The van der Waals surface area contributed by atoms with E-state index in [-0.39, 0.29) is 0 Å². The minimum Gasteiger partial charge on any atom is -0.309 e. The van der Waals surface area contributed by atoms with E-state index in [0.717, 1.165) is 5.92 Å². The highest BCUT2D eigenvalue weighted by Gasteiger charge is 2.17. The highest BCUT2D eigenvalue weighted by Crippen LogP contribution is 2.28. The van der Waals surface area contributed by atoms with Crippen molar-refractivity contribution in [1.82, 2.24) is 5.32 Å². The van der Waals surface area contributed by atoms with Crippen LogP contribution in [0.5, 0.6) is 0 Å². The fraction of sp³-hybridized carbons (Fsp3) is 0.917. The van der Waals surface area contributed by atoms with Crippen molar-refractivity contribution in [2.45, 2.75) is 57.8 Å². The van der Waals surface area contributed by atoms with Crippen LogP contribution in [0.3, 0.4) is 0 Å². The molecule has 0 saturated heterocycles. The zero-order valence-electron chi connectivity index (χ0n) is 8.65. The molecule has 1 nitrogen and oxygen atoms in total. The van der Waals surface area contributed by atoms with Gasteiger partial charge < -0.3 is 5.32 Å². The molecule has 2 aliphatic rings. The number of nitrogens with one attached hydrogen (secondary N) is 1. The van der Waals surface area contributed by atoms with Crippen molar-refractivity contribution in [3.63, 3.8) is 0 Å². The third-order valence-electron chi connectivity index (χ3n) is 3.61. The highest BCUT2D eigenvalue weighted by atomic mass is 14.9. The molecule has 0 bridgehead atoms. The van der Waals surface area contributed by atoms with Gasteiger partial charge in [-0.3, -0.25) is 0 Å². The van der Waals surface area contributed by atoms with Crippen molar-refractivity contribution in [3.8, 4) is 0 Å². The Hall–Kier alpha value is -0.0400. The van der Waals surface area contributed by atoms with Gasteiger partial charge in [0.25, 0.3) is 0 Å². The van der Waals surface area contributed by atoms with Crippen molar-refractivity contribution >= 4 is 0 Å². The highest BCUT2D eigenvalue weighted by molar-refractivity contribution is 4.91. The van der Waals surface area contributed by atoms with Gasteiger partial charge >= 0.3 is 0 Å². The van der Waals surface area contributed by atoms with E-state index < -0.39 is 0 Å². The molecule has 0 aliphatic heterocycles. The lowest BCUT2D eigenvalue weighted by molar-refractivity contribution is 0.476. The largest absolute Gasteiger partial charge is 0.309 e. The monoisotopic (exact) mass is 180 g/mol. The number of hydrogen-bond donors (Lipinski definition) is 1. The van der Waals surface area contributed by atoms with E-state index in [1.54, 1.807) is 6.04 Å². The van der Waals surface area contributed by atoms with Crippen LogP contribution in [0.25, 0.3) is 0 Å². The Labute approximate surface area is 82.3 Å². The molecule has 0 heterocycles. The molecule has 0 unspecified atom stereocenters. The van der Waals surface area contributed by atoms with E-state index in [1.165, 1.54) is 64.3 Å². The molecule has 2 fully saturated rings. The van der Waals surface area contributed by atoms with Gasteiger partial charge in [0, 0.05) is 6.04 Å². The third kappa shape index (κ3) is 2.98. The van der Waals surface area contributed by atoms with Crippen LogP contribution in [0.15, 0.2) is 0 Å². The Morgan fingerprint density at radius 1 is 1.00 bits per heavy atom. The van der Waals surface area contributed by atoms with Crippen LogP contribution < -0.4 is 5.32 Å². The second kappa shape index (κ2) is 4.99. The van der Waals surface area contributed by atoms with E-state index in [2.05, 4.69) is 5.32 Å². The second-order valence-corrected chi connectivity index (χ2v) is 4.68. The molecular formula is C12H22N. The maximum atomic E-state index is 3.63. The van der Waals surface area contributed by atoms with Crippen molar-refractivity contribution in [2.24, 2.45) is 5.92 Å². The lowest BCUT2D eigenvalue weighted by Gasteiger charge is -2.13. The van der Waals surface area contributed by atoms with Crippen LogP contribution in [0.4, 0.5) is 0 Å². The minimum atomic E-state index is 1.05. The summed E-state index contributed by atoms with van der Waals surface area (Å²) in [5, 5.41) is 3.63. The van der Waals surface area contributed by atoms with Crippen molar-refractivity contribution in [2.75, 3.05) is 6.54 Å². The number of rotatable bonds is 4. The van der Waals surface area contributed by atoms with Crippen LogP contribution in [-0.4, -0.2) is 6.54 Å². The van der Waals surface area contributed by atoms with Crippen LogP contribution >= 0.6 is 0 Å². The summed E-state index contributed by atoms with van der Waals surface area (Å²) in [5.41, 5.74) is 0. The molecule has 1 radical (unpaired) electrons. The van der Waals surface area contributed by atoms with Crippen LogP contribution in [-0.2, 0) is 0 Å². The first kappa shape index (κ1) is 9.51. The van der Waals surface area contributed by atoms with Gasteiger partial charge in [0.2, 0.25) is 0 Å². The summed E-state index contributed by atoms with van der Waals surface area (Å²) in [4.78, 5) is 0. The van der Waals surface area contributed by atoms with Gasteiger partial charge in [0.1, 0.15) is 0 Å². The van der Waals surface area contributed by atoms with E-state index >= 15 is 0 Å². The fourth-order valence-electron chi connectivity index (χ4n) is 2.73.